The highest BCUT2D eigenvalue weighted by atomic mass is 35.5. The van der Waals surface area contributed by atoms with E-state index < -0.39 is 22.7 Å². The Morgan fingerprint density at radius 1 is 1.50 bits per heavy atom. The van der Waals surface area contributed by atoms with E-state index in [0.717, 1.165) is 6.07 Å². The monoisotopic (exact) mass is 300 g/mol. The van der Waals surface area contributed by atoms with Gasteiger partial charge < -0.3 is 10.0 Å². The molecule has 20 heavy (non-hydrogen) atoms. The third-order valence-electron chi connectivity index (χ3n) is 2.70. The lowest BCUT2D eigenvalue weighted by Gasteiger charge is -2.23. The maximum Gasteiger partial charge on any atom is 0.308 e. The number of halogens is 1. The van der Waals surface area contributed by atoms with Crippen molar-refractivity contribution in [2.75, 3.05) is 11.4 Å². The number of carbonyl (C=O) groups excluding carboxylic acids is 1. The molecule has 0 saturated carbocycles. The van der Waals surface area contributed by atoms with Crippen LogP contribution in [0.5, 0.6) is 0 Å². The molecule has 0 fully saturated rings. The topological polar surface area (TPSA) is 101 Å². The number of hydrogen-bond donors (Lipinski definition) is 1. The fourth-order valence-electron chi connectivity index (χ4n) is 1.58. The third kappa shape index (κ3) is 3.67. The Labute approximate surface area is 119 Å². The molecule has 0 radical (unpaired) electrons. The fourth-order valence-corrected chi connectivity index (χ4v) is 1.76. The Bertz CT molecular complexity index is 561. The highest BCUT2D eigenvalue weighted by Gasteiger charge is 2.22. The molecule has 1 aromatic rings. The van der Waals surface area contributed by atoms with Gasteiger partial charge in [0.2, 0.25) is 5.91 Å². The van der Waals surface area contributed by atoms with Gasteiger partial charge in [-0.05, 0) is 12.1 Å². The van der Waals surface area contributed by atoms with Crippen LogP contribution in [0.1, 0.15) is 13.8 Å². The highest BCUT2D eigenvalue weighted by molar-refractivity contribution is 6.32. The smallest absolute Gasteiger partial charge is 0.308 e. The van der Waals surface area contributed by atoms with Gasteiger partial charge in [-0.2, -0.15) is 0 Å². The number of nitrogens with zero attached hydrogens (tertiary/aromatic N) is 2. The van der Waals surface area contributed by atoms with Gasteiger partial charge in [0.15, 0.2) is 0 Å². The first-order valence-electron chi connectivity index (χ1n) is 5.69. The number of hydrogen-bond acceptors (Lipinski definition) is 4. The number of carbonyl (C=O) groups is 2. The number of nitro benzene ring substituents is 1. The van der Waals surface area contributed by atoms with E-state index in [9.17, 15) is 19.7 Å². The summed E-state index contributed by atoms with van der Waals surface area (Å²) in [5, 5.41) is 19.7. The fraction of sp³-hybridized carbons (Fsp3) is 0.333. The van der Waals surface area contributed by atoms with Crippen LogP contribution in [0, 0.1) is 16.0 Å². The van der Waals surface area contributed by atoms with E-state index in [1.54, 1.807) is 0 Å². The van der Waals surface area contributed by atoms with Gasteiger partial charge in [-0.3, -0.25) is 19.7 Å². The van der Waals surface area contributed by atoms with Gasteiger partial charge in [0.1, 0.15) is 5.02 Å². The molecule has 7 nitrogen and oxygen atoms in total. The van der Waals surface area contributed by atoms with E-state index in [2.05, 4.69) is 0 Å². The number of carboxylic acid groups (broad SMARTS) is 1. The van der Waals surface area contributed by atoms with Gasteiger partial charge in [0.05, 0.1) is 16.5 Å². The number of benzene rings is 1. The molecule has 0 bridgehead atoms. The molecule has 1 amide bonds. The van der Waals surface area contributed by atoms with Gasteiger partial charge in [-0.15, -0.1) is 0 Å². The molecule has 8 heteroatoms. The molecule has 108 valence electrons. The van der Waals surface area contributed by atoms with E-state index in [0.29, 0.717) is 0 Å². The van der Waals surface area contributed by atoms with E-state index in [1.807, 2.05) is 0 Å². The molecule has 1 atom stereocenters. The summed E-state index contributed by atoms with van der Waals surface area (Å²) in [7, 11) is 0. The Hall–Kier alpha value is -2.15. The minimum absolute atomic E-state index is 0.0477. The zero-order valence-electron chi connectivity index (χ0n) is 10.9. The Morgan fingerprint density at radius 2 is 2.10 bits per heavy atom. The second-order valence-corrected chi connectivity index (χ2v) is 4.67. The predicted octanol–water partition coefficient (Wildman–Crippen LogP) is 2.32. The molecule has 1 unspecified atom stereocenters. The first-order valence-corrected chi connectivity index (χ1v) is 6.06. The molecular weight excluding hydrogens is 288 g/mol. The quantitative estimate of drug-likeness (QED) is 0.664. The summed E-state index contributed by atoms with van der Waals surface area (Å²) >= 11 is 5.69. The van der Waals surface area contributed by atoms with Crippen molar-refractivity contribution in [1.82, 2.24) is 0 Å². The van der Waals surface area contributed by atoms with Crippen LogP contribution < -0.4 is 4.90 Å². The zero-order valence-corrected chi connectivity index (χ0v) is 11.6. The van der Waals surface area contributed by atoms with Crippen LogP contribution in [0.25, 0.3) is 0 Å². The van der Waals surface area contributed by atoms with Crippen molar-refractivity contribution in [3.8, 4) is 0 Å². The summed E-state index contributed by atoms with van der Waals surface area (Å²) in [5.41, 5.74) is -0.0971. The summed E-state index contributed by atoms with van der Waals surface area (Å²) in [5.74, 6) is -2.26. The summed E-state index contributed by atoms with van der Waals surface area (Å²) in [6, 6.07) is 3.89. The predicted molar refractivity (Wildman–Crippen MR) is 72.9 cm³/mol. The summed E-state index contributed by atoms with van der Waals surface area (Å²) in [4.78, 5) is 33.8. The first kappa shape index (κ1) is 15.9. The molecule has 1 N–H and O–H groups in total. The minimum Gasteiger partial charge on any atom is -0.481 e. The van der Waals surface area contributed by atoms with Gasteiger partial charge in [0.25, 0.3) is 5.69 Å². The molecule has 1 rings (SSSR count). The van der Waals surface area contributed by atoms with Crippen LogP contribution in [-0.2, 0) is 9.59 Å². The number of amides is 1. The Balaban J connectivity index is 3.16. The largest absolute Gasteiger partial charge is 0.481 e. The lowest BCUT2D eigenvalue weighted by molar-refractivity contribution is -0.384. The molecule has 0 spiro atoms. The average Bonchev–Trinajstić information content (AvgIpc) is 2.35. The number of carboxylic acids is 1. The van der Waals surface area contributed by atoms with Crippen LogP contribution in [0.15, 0.2) is 18.2 Å². The summed E-state index contributed by atoms with van der Waals surface area (Å²) in [6.07, 6.45) is 0. The highest BCUT2D eigenvalue weighted by Crippen LogP contribution is 2.29. The average molecular weight is 301 g/mol. The zero-order chi connectivity index (χ0) is 15.4. The third-order valence-corrected chi connectivity index (χ3v) is 3.02. The van der Waals surface area contributed by atoms with E-state index >= 15 is 0 Å². The molecule has 0 heterocycles. The lowest BCUT2D eigenvalue weighted by Crippen LogP contribution is -2.35. The van der Waals surface area contributed by atoms with E-state index in [4.69, 9.17) is 16.7 Å². The summed E-state index contributed by atoms with van der Waals surface area (Å²) < 4.78 is 0. The van der Waals surface area contributed by atoms with Crippen molar-refractivity contribution >= 4 is 34.9 Å². The van der Waals surface area contributed by atoms with Crippen molar-refractivity contribution < 1.29 is 19.6 Å². The van der Waals surface area contributed by atoms with Crippen molar-refractivity contribution in [2.24, 2.45) is 5.92 Å². The van der Waals surface area contributed by atoms with Gasteiger partial charge in [0, 0.05) is 19.5 Å². The maximum absolute atomic E-state index is 11.6. The van der Waals surface area contributed by atoms with Crippen molar-refractivity contribution in [2.45, 2.75) is 13.8 Å². The number of anilines is 1. The Kier molecular flexibility index (Phi) is 5.04. The maximum atomic E-state index is 11.6. The molecule has 0 aromatic heterocycles. The molecular formula is C12H13ClN2O5. The van der Waals surface area contributed by atoms with E-state index in [1.165, 1.54) is 30.9 Å². The molecule has 0 aliphatic carbocycles. The number of rotatable bonds is 5. The van der Waals surface area contributed by atoms with Crippen molar-refractivity contribution in [3.63, 3.8) is 0 Å². The standard InChI is InChI=1S/C12H13ClN2O5/c1-7(12(17)18)6-14(8(2)16)9-3-4-10(13)11(5-9)15(19)20/h3-5,7H,6H2,1-2H3,(H,17,18). The van der Waals surface area contributed by atoms with Crippen LogP contribution in [0.3, 0.4) is 0 Å². The lowest BCUT2D eigenvalue weighted by atomic mass is 10.1. The second kappa shape index (κ2) is 6.33. The van der Waals surface area contributed by atoms with Crippen LogP contribution in [0.4, 0.5) is 11.4 Å². The van der Waals surface area contributed by atoms with Crippen molar-refractivity contribution in [3.05, 3.63) is 33.3 Å². The molecule has 0 saturated heterocycles. The first-order chi connectivity index (χ1) is 9.23. The molecule has 1 aromatic carbocycles. The van der Waals surface area contributed by atoms with Gasteiger partial charge >= 0.3 is 5.97 Å². The SMILES string of the molecule is CC(=O)N(CC(C)C(=O)O)c1ccc(Cl)c([N+](=O)[O-])c1. The Morgan fingerprint density at radius 3 is 2.55 bits per heavy atom. The van der Waals surface area contributed by atoms with Crippen LogP contribution in [-0.4, -0.2) is 28.5 Å². The number of aliphatic carboxylic acids is 1. The van der Waals surface area contributed by atoms with Crippen LogP contribution >= 0.6 is 11.6 Å². The molecule has 0 aliphatic heterocycles. The van der Waals surface area contributed by atoms with Crippen LogP contribution in [0.2, 0.25) is 5.02 Å². The molecule has 0 aliphatic rings. The van der Waals surface area contributed by atoms with Crippen molar-refractivity contribution in [1.29, 1.82) is 0 Å². The van der Waals surface area contributed by atoms with Gasteiger partial charge in [-0.25, -0.2) is 0 Å². The number of nitro groups is 1. The van der Waals surface area contributed by atoms with E-state index in [-0.39, 0.29) is 22.9 Å². The summed E-state index contributed by atoms with van der Waals surface area (Å²) in [6.45, 7) is 2.63. The minimum atomic E-state index is -1.06. The van der Waals surface area contributed by atoms with Gasteiger partial charge in [-0.1, -0.05) is 18.5 Å². The second-order valence-electron chi connectivity index (χ2n) is 4.26. The normalized spacial score (nSPS) is 11.8.